The second kappa shape index (κ2) is 6.97. The van der Waals surface area contributed by atoms with Crippen LogP contribution in [0.4, 0.5) is 23.2 Å². The van der Waals surface area contributed by atoms with Crippen molar-refractivity contribution in [2.45, 2.75) is 6.43 Å². The van der Waals surface area contributed by atoms with E-state index in [1.807, 2.05) is 0 Å². The van der Waals surface area contributed by atoms with E-state index >= 15 is 0 Å². The molecule has 0 aliphatic rings. The number of nitro groups is 1. The van der Waals surface area contributed by atoms with Gasteiger partial charge in [-0.25, -0.2) is 17.6 Å². The molecular formula is C11H10F4N2O4. The number of aliphatic hydroxyl groups is 1. The number of carbonyl (C=O) groups excluding carboxylic acids is 1. The van der Waals surface area contributed by atoms with Crippen LogP contribution >= 0.6 is 0 Å². The predicted octanol–water partition coefficient (Wildman–Crippen LogP) is 1.57. The zero-order chi connectivity index (χ0) is 16.2. The summed E-state index contributed by atoms with van der Waals surface area (Å²) in [7, 11) is 0. The predicted molar refractivity (Wildman–Crippen MR) is 62.0 cm³/mol. The third kappa shape index (κ3) is 4.12. The van der Waals surface area contributed by atoms with E-state index in [1.165, 1.54) is 0 Å². The van der Waals surface area contributed by atoms with Gasteiger partial charge in [-0.1, -0.05) is 0 Å². The van der Waals surface area contributed by atoms with E-state index in [0.717, 1.165) is 0 Å². The number of amides is 1. The van der Waals surface area contributed by atoms with E-state index in [2.05, 4.69) is 0 Å². The van der Waals surface area contributed by atoms with E-state index in [1.54, 1.807) is 0 Å². The Kier molecular flexibility index (Phi) is 5.59. The number of hydrogen-bond acceptors (Lipinski definition) is 4. The molecule has 0 aromatic heterocycles. The molecule has 1 aromatic carbocycles. The lowest BCUT2D eigenvalue weighted by Gasteiger charge is -2.21. The fourth-order valence-corrected chi connectivity index (χ4v) is 1.59. The lowest BCUT2D eigenvalue weighted by molar-refractivity contribution is -0.385. The summed E-state index contributed by atoms with van der Waals surface area (Å²) in [4.78, 5) is 22.0. The highest BCUT2D eigenvalue weighted by Gasteiger charge is 2.28. The zero-order valence-corrected chi connectivity index (χ0v) is 10.4. The van der Waals surface area contributed by atoms with E-state index in [0.29, 0.717) is 4.90 Å². The number of nitrogens with zero attached hydrogens (tertiary/aromatic N) is 2. The Balaban J connectivity index is 3.25. The van der Waals surface area contributed by atoms with Crippen molar-refractivity contribution in [2.75, 3.05) is 19.7 Å². The molecule has 1 N–H and O–H groups in total. The minimum absolute atomic E-state index is 0.196. The van der Waals surface area contributed by atoms with E-state index in [9.17, 15) is 32.5 Å². The van der Waals surface area contributed by atoms with Crippen LogP contribution < -0.4 is 0 Å². The Morgan fingerprint density at radius 2 is 1.90 bits per heavy atom. The number of alkyl halides is 2. The SMILES string of the molecule is O=C(c1cc(F)c(F)cc1[N+](=O)[O-])N(CCO)CC(F)F. The maximum atomic E-state index is 13.1. The van der Waals surface area contributed by atoms with E-state index < -0.39 is 59.8 Å². The summed E-state index contributed by atoms with van der Waals surface area (Å²) in [6.07, 6.45) is -2.95. The minimum Gasteiger partial charge on any atom is -0.395 e. The van der Waals surface area contributed by atoms with Gasteiger partial charge < -0.3 is 10.0 Å². The second-order valence-electron chi connectivity index (χ2n) is 3.91. The first-order valence-corrected chi connectivity index (χ1v) is 5.59. The number of nitro benzene ring substituents is 1. The molecule has 6 nitrogen and oxygen atoms in total. The second-order valence-corrected chi connectivity index (χ2v) is 3.91. The Labute approximate surface area is 115 Å². The summed E-state index contributed by atoms with van der Waals surface area (Å²) in [5.41, 5.74) is -1.91. The summed E-state index contributed by atoms with van der Waals surface area (Å²) >= 11 is 0. The molecule has 116 valence electrons. The van der Waals surface area contributed by atoms with Crippen LogP contribution in [0.25, 0.3) is 0 Å². The minimum atomic E-state index is -2.95. The summed E-state index contributed by atoms with van der Waals surface area (Å²) in [6, 6.07) is 0.466. The number of carbonyl (C=O) groups is 1. The molecule has 0 saturated heterocycles. The van der Waals surface area contributed by atoms with Gasteiger partial charge in [-0.15, -0.1) is 0 Å². The topological polar surface area (TPSA) is 83.7 Å². The van der Waals surface area contributed by atoms with Crippen LogP contribution in [0.2, 0.25) is 0 Å². The number of benzene rings is 1. The van der Waals surface area contributed by atoms with Gasteiger partial charge in [-0.2, -0.15) is 0 Å². The number of hydrogen-bond donors (Lipinski definition) is 1. The van der Waals surface area contributed by atoms with Crippen LogP contribution in [0.3, 0.4) is 0 Å². The molecule has 0 spiro atoms. The zero-order valence-electron chi connectivity index (χ0n) is 10.4. The molecule has 0 aliphatic carbocycles. The molecule has 0 saturated carbocycles. The first-order valence-electron chi connectivity index (χ1n) is 5.59. The Morgan fingerprint density at radius 3 is 2.38 bits per heavy atom. The molecule has 10 heteroatoms. The van der Waals surface area contributed by atoms with Gasteiger partial charge in [0.2, 0.25) is 0 Å². The Bertz CT molecular complexity index is 553. The van der Waals surface area contributed by atoms with Gasteiger partial charge in [-0.05, 0) is 6.07 Å². The third-order valence-electron chi connectivity index (χ3n) is 2.48. The fourth-order valence-electron chi connectivity index (χ4n) is 1.59. The smallest absolute Gasteiger partial charge is 0.285 e. The van der Waals surface area contributed by atoms with Gasteiger partial charge in [0.05, 0.1) is 24.1 Å². The largest absolute Gasteiger partial charge is 0.395 e. The summed E-state index contributed by atoms with van der Waals surface area (Å²) < 4.78 is 50.8. The van der Waals surface area contributed by atoms with Gasteiger partial charge in [0, 0.05) is 6.54 Å². The molecule has 0 heterocycles. The van der Waals surface area contributed by atoms with Crippen molar-refractivity contribution in [1.29, 1.82) is 0 Å². The fraction of sp³-hybridized carbons (Fsp3) is 0.364. The van der Waals surface area contributed by atoms with Crippen molar-refractivity contribution >= 4 is 11.6 Å². The molecule has 0 unspecified atom stereocenters. The highest BCUT2D eigenvalue weighted by atomic mass is 19.3. The van der Waals surface area contributed by atoms with Crippen molar-refractivity contribution in [3.63, 3.8) is 0 Å². The normalized spacial score (nSPS) is 10.8. The average Bonchev–Trinajstić information content (AvgIpc) is 2.39. The number of halogens is 4. The standard InChI is InChI=1S/C11H10F4N2O4/c12-7-3-6(9(17(20)21)4-8(7)13)11(19)16(1-2-18)5-10(14)15/h3-4,10,18H,1-2,5H2. The molecule has 0 atom stereocenters. The molecule has 1 amide bonds. The van der Waals surface area contributed by atoms with Crippen molar-refractivity contribution in [3.05, 3.63) is 39.4 Å². The summed E-state index contributed by atoms with van der Waals surface area (Å²) in [6.45, 7) is -2.30. The highest BCUT2D eigenvalue weighted by molar-refractivity contribution is 5.98. The van der Waals surface area contributed by atoms with E-state index in [4.69, 9.17) is 5.11 Å². The van der Waals surface area contributed by atoms with Gasteiger partial charge in [0.1, 0.15) is 5.56 Å². The van der Waals surface area contributed by atoms with Crippen LogP contribution in [0, 0.1) is 21.7 Å². The Morgan fingerprint density at radius 1 is 1.33 bits per heavy atom. The molecule has 0 fully saturated rings. The molecule has 1 aromatic rings. The summed E-state index contributed by atoms with van der Waals surface area (Å²) in [5, 5.41) is 19.5. The molecule has 21 heavy (non-hydrogen) atoms. The van der Waals surface area contributed by atoms with Crippen LogP contribution in [0.5, 0.6) is 0 Å². The van der Waals surface area contributed by atoms with Gasteiger partial charge in [0.15, 0.2) is 11.6 Å². The van der Waals surface area contributed by atoms with E-state index in [-0.39, 0.29) is 12.1 Å². The van der Waals surface area contributed by atoms with Crippen molar-refractivity contribution in [2.24, 2.45) is 0 Å². The van der Waals surface area contributed by atoms with Crippen LogP contribution in [0.15, 0.2) is 12.1 Å². The van der Waals surface area contributed by atoms with Gasteiger partial charge in [0.25, 0.3) is 18.0 Å². The molecule has 0 bridgehead atoms. The third-order valence-corrected chi connectivity index (χ3v) is 2.48. The van der Waals surface area contributed by atoms with Gasteiger partial charge >= 0.3 is 0 Å². The summed E-state index contributed by atoms with van der Waals surface area (Å²) in [5.74, 6) is -4.36. The monoisotopic (exact) mass is 310 g/mol. The molecule has 1 rings (SSSR count). The first-order chi connectivity index (χ1) is 9.77. The maximum Gasteiger partial charge on any atom is 0.285 e. The van der Waals surface area contributed by atoms with Crippen LogP contribution in [-0.4, -0.2) is 47.0 Å². The lowest BCUT2D eigenvalue weighted by Crippen LogP contribution is -2.37. The molecule has 0 radical (unpaired) electrons. The molecule has 0 aliphatic heterocycles. The quantitative estimate of drug-likeness (QED) is 0.491. The van der Waals surface area contributed by atoms with Crippen molar-refractivity contribution in [1.82, 2.24) is 4.90 Å². The van der Waals surface area contributed by atoms with Crippen molar-refractivity contribution < 1.29 is 32.4 Å². The maximum absolute atomic E-state index is 13.1. The lowest BCUT2D eigenvalue weighted by atomic mass is 10.1. The Hall–Kier alpha value is -2.23. The van der Waals surface area contributed by atoms with Gasteiger partial charge in [-0.3, -0.25) is 14.9 Å². The number of rotatable bonds is 6. The number of aliphatic hydroxyl groups excluding tert-OH is 1. The van der Waals surface area contributed by atoms with Crippen LogP contribution in [0.1, 0.15) is 10.4 Å². The highest BCUT2D eigenvalue weighted by Crippen LogP contribution is 2.24. The average molecular weight is 310 g/mol. The first kappa shape index (κ1) is 16.8. The molecular weight excluding hydrogens is 300 g/mol. The van der Waals surface area contributed by atoms with Crippen molar-refractivity contribution in [3.8, 4) is 0 Å². The van der Waals surface area contributed by atoms with Crippen LogP contribution in [-0.2, 0) is 0 Å².